The number of anilines is 1. The number of aromatic nitrogens is 1. The van der Waals surface area contributed by atoms with Crippen LogP contribution in [0.4, 0.5) is 5.69 Å². The zero-order chi connectivity index (χ0) is 19.3. The average molecular weight is 391 g/mol. The molecule has 3 aromatic rings. The molecule has 2 heterocycles. The van der Waals surface area contributed by atoms with Crippen LogP contribution in [0.15, 0.2) is 66.9 Å². The van der Waals surface area contributed by atoms with E-state index in [1.165, 1.54) is 5.56 Å². The van der Waals surface area contributed by atoms with Crippen molar-refractivity contribution in [1.29, 1.82) is 0 Å². The molecular formula is C22H21N3O2S. The van der Waals surface area contributed by atoms with E-state index in [9.17, 15) is 0 Å². The van der Waals surface area contributed by atoms with Crippen LogP contribution in [0.3, 0.4) is 0 Å². The summed E-state index contributed by atoms with van der Waals surface area (Å²) in [5.41, 5.74) is 3.17. The highest BCUT2D eigenvalue weighted by molar-refractivity contribution is 7.80. The minimum absolute atomic E-state index is 0.103. The van der Waals surface area contributed by atoms with Crippen LogP contribution < -0.4 is 20.1 Å². The van der Waals surface area contributed by atoms with E-state index >= 15 is 0 Å². The molecule has 4 rings (SSSR count). The molecule has 0 amide bonds. The van der Waals surface area contributed by atoms with Crippen LogP contribution in [-0.4, -0.2) is 17.1 Å². The molecular weight excluding hydrogens is 370 g/mol. The van der Waals surface area contributed by atoms with Crippen molar-refractivity contribution in [3.05, 3.63) is 78.0 Å². The Hall–Kier alpha value is -3.12. The minimum atomic E-state index is 0.103. The van der Waals surface area contributed by atoms with Gasteiger partial charge in [0, 0.05) is 13.1 Å². The van der Waals surface area contributed by atoms with Crippen molar-refractivity contribution in [2.45, 2.75) is 18.9 Å². The van der Waals surface area contributed by atoms with E-state index in [-0.39, 0.29) is 6.10 Å². The summed E-state index contributed by atoms with van der Waals surface area (Å²) in [5.74, 6) is 2.19. The van der Waals surface area contributed by atoms with E-state index in [4.69, 9.17) is 21.7 Å². The fraction of sp³-hybridized carbons (Fsp3) is 0.182. The molecule has 0 bridgehead atoms. The molecule has 1 unspecified atom stereocenters. The molecule has 1 aliphatic heterocycles. The van der Waals surface area contributed by atoms with Gasteiger partial charge in [-0.15, -0.1) is 0 Å². The third kappa shape index (κ3) is 4.23. The zero-order valence-corrected chi connectivity index (χ0v) is 16.3. The highest BCUT2D eigenvalue weighted by atomic mass is 32.1. The van der Waals surface area contributed by atoms with Gasteiger partial charge in [0.15, 0.2) is 5.11 Å². The number of fused-ring (bicyclic) bond motifs is 1. The number of hydrogen-bond acceptors (Lipinski definition) is 4. The normalized spacial score (nSPS) is 15.1. The second-order valence-corrected chi connectivity index (χ2v) is 6.92. The number of ether oxygens (including phenoxy) is 2. The smallest absolute Gasteiger partial charge is 0.219 e. The van der Waals surface area contributed by atoms with E-state index in [0.717, 1.165) is 35.6 Å². The van der Waals surface area contributed by atoms with Crippen molar-refractivity contribution in [1.82, 2.24) is 10.3 Å². The molecule has 0 radical (unpaired) electrons. The van der Waals surface area contributed by atoms with E-state index in [1.807, 2.05) is 48.5 Å². The van der Waals surface area contributed by atoms with E-state index < -0.39 is 0 Å². The molecule has 0 fully saturated rings. The summed E-state index contributed by atoms with van der Waals surface area (Å²) in [6.07, 6.45) is 3.69. The fourth-order valence-corrected chi connectivity index (χ4v) is 3.28. The summed E-state index contributed by atoms with van der Waals surface area (Å²) in [5, 5.41) is 6.43. The van der Waals surface area contributed by atoms with Crippen LogP contribution in [0.5, 0.6) is 17.4 Å². The molecule has 0 saturated heterocycles. The first-order valence-corrected chi connectivity index (χ1v) is 9.59. The lowest BCUT2D eigenvalue weighted by Gasteiger charge is -2.26. The van der Waals surface area contributed by atoms with E-state index in [1.54, 1.807) is 13.2 Å². The number of nitrogens with zero attached hydrogens (tertiary/aromatic N) is 1. The number of nitrogens with one attached hydrogen (secondary N) is 2. The first kappa shape index (κ1) is 18.3. The molecule has 2 aromatic carbocycles. The van der Waals surface area contributed by atoms with Gasteiger partial charge in [0.1, 0.15) is 17.6 Å². The van der Waals surface area contributed by atoms with Gasteiger partial charge >= 0.3 is 0 Å². The predicted molar refractivity (Wildman–Crippen MR) is 114 cm³/mol. The zero-order valence-electron chi connectivity index (χ0n) is 15.5. The summed E-state index contributed by atoms with van der Waals surface area (Å²) in [6, 6.07) is 19.9. The molecule has 1 atom stereocenters. The number of rotatable bonds is 4. The van der Waals surface area contributed by atoms with Crippen molar-refractivity contribution in [3.63, 3.8) is 0 Å². The fourth-order valence-electron chi connectivity index (χ4n) is 3.16. The van der Waals surface area contributed by atoms with Gasteiger partial charge < -0.3 is 20.1 Å². The molecule has 0 aliphatic carbocycles. The van der Waals surface area contributed by atoms with Gasteiger partial charge in [-0.05, 0) is 60.5 Å². The van der Waals surface area contributed by atoms with E-state index in [0.29, 0.717) is 11.0 Å². The monoisotopic (exact) mass is 391 g/mol. The van der Waals surface area contributed by atoms with Crippen LogP contribution in [0.1, 0.15) is 23.7 Å². The van der Waals surface area contributed by atoms with Crippen molar-refractivity contribution in [2.24, 2.45) is 0 Å². The number of hydrogen-bond donors (Lipinski definition) is 2. The molecule has 2 N–H and O–H groups in total. The lowest BCUT2D eigenvalue weighted by atomic mass is 9.97. The van der Waals surface area contributed by atoms with Gasteiger partial charge in [-0.25, -0.2) is 4.98 Å². The van der Waals surface area contributed by atoms with Crippen molar-refractivity contribution >= 4 is 23.0 Å². The Morgan fingerprint density at radius 1 is 1.14 bits per heavy atom. The van der Waals surface area contributed by atoms with Gasteiger partial charge in [0.2, 0.25) is 5.88 Å². The number of aryl methyl sites for hydroxylation is 1. The maximum absolute atomic E-state index is 6.19. The Morgan fingerprint density at radius 2 is 2.00 bits per heavy atom. The molecule has 142 valence electrons. The largest absolute Gasteiger partial charge is 0.485 e. The Morgan fingerprint density at radius 3 is 2.75 bits per heavy atom. The molecule has 28 heavy (non-hydrogen) atoms. The first-order chi connectivity index (χ1) is 13.7. The van der Waals surface area contributed by atoms with Gasteiger partial charge in [-0.1, -0.05) is 30.3 Å². The summed E-state index contributed by atoms with van der Waals surface area (Å²) in [7, 11) is 1.77. The molecule has 6 heteroatoms. The standard InChI is InChI=1S/C22H21N3O2S/c1-23-22(28)25-17-8-12-21(24-14-17)26-18-9-11-20-16(13-18)7-10-19(27-20)15-5-3-2-4-6-15/h2-6,8-9,11-14,19H,7,10H2,1H3,(H2,23,25,28). The maximum Gasteiger partial charge on any atom is 0.219 e. The van der Waals surface area contributed by atoms with Crippen molar-refractivity contribution < 1.29 is 9.47 Å². The minimum Gasteiger partial charge on any atom is -0.485 e. The van der Waals surface area contributed by atoms with Gasteiger partial charge in [-0.2, -0.15) is 0 Å². The molecule has 0 spiro atoms. The summed E-state index contributed by atoms with van der Waals surface area (Å²) >= 11 is 5.08. The Bertz CT molecular complexity index is 961. The highest BCUT2D eigenvalue weighted by Gasteiger charge is 2.21. The third-order valence-electron chi connectivity index (χ3n) is 4.59. The maximum atomic E-state index is 6.19. The predicted octanol–water partition coefficient (Wildman–Crippen LogP) is 4.86. The molecule has 1 aliphatic rings. The summed E-state index contributed by atoms with van der Waals surface area (Å²) < 4.78 is 12.1. The third-order valence-corrected chi connectivity index (χ3v) is 4.90. The van der Waals surface area contributed by atoms with Gasteiger partial charge in [-0.3, -0.25) is 0 Å². The molecule has 5 nitrogen and oxygen atoms in total. The summed E-state index contributed by atoms with van der Waals surface area (Å²) in [4.78, 5) is 4.32. The van der Waals surface area contributed by atoms with Crippen LogP contribution in [0, 0.1) is 0 Å². The topological polar surface area (TPSA) is 55.4 Å². The number of thiocarbonyl (C=S) groups is 1. The number of pyridine rings is 1. The lowest BCUT2D eigenvalue weighted by Crippen LogP contribution is -2.24. The lowest BCUT2D eigenvalue weighted by molar-refractivity contribution is 0.176. The van der Waals surface area contributed by atoms with Crippen molar-refractivity contribution in [3.8, 4) is 17.4 Å². The second kappa shape index (κ2) is 8.27. The van der Waals surface area contributed by atoms with Crippen LogP contribution in [0.25, 0.3) is 0 Å². The van der Waals surface area contributed by atoms with Crippen LogP contribution in [-0.2, 0) is 6.42 Å². The second-order valence-electron chi connectivity index (χ2n) is 6.52. The quantitative estimate of drug-likeness (QED) is 0.620. The number of benzene rings is 2. The average Bonchev–Trinajstić information content (AvgIpc) is 2.75. The Balaban J connectivity index is 1.43. The van der Waals surface area contributed by atoms with Crippen molar-refractivity contribution in [2.75, 3.05) is 12.4 Å². The molecule has 1 aromatic heterocycles. The van der Waals surface area contributed by atoms with Gasteiger partial charge in [0.25, 0.3) is 0 Å². The van der Waals surface area contributed by atoms with E-state index in [2.05, 4.69) is 27.8 Å². The Kier molecular flexibility index (Phi) is 5.39. The Labute approximate surface area is 169 Å². The van der Waals surface area contributed by atoms with Crippen LogP contribution in [0.2, 0.25) is 0 Å². The summed E-state index contributed by atoms with van der Waals surface area (Å²) in [6.45, 7) is 0. The highest BCUT2D eigenvalue weighted by Crippen LogP contribution is 2.37. The van der Waals surface area contributed by atoms with Gasteiger partial charge in [0.05, 0.1) is 11.9 Å². The van der Waals surface area contributed by atoms with Crippen LogP contribution >= 0.6 is 12.2 Å². The first-order valence-electron chi connectivity index (χ1n) is 9.18. The molecule has 0 saturated carbocycles. The SMILES string of the molecule is CNC(=S)Nc1ccc(Oc2ccc3c(c2)CCC(c2ccccc2)O3)nc1.